The molecule has 17 heavy (non-hydrogen) atoms. The Bertz CT molecular complexity index is 543. The topological polar surface area (TPSA) is 29.9 Å². The summed E-state index contributed by atoms with van der Waals surface area (Å²) >= 11 is 3.48. The Balaban J connectivity index is 1.80. The lowest BCUT2D eigenvalue weighted by Crippen LogP contribution is -2.20. The SMILES string of the molecule is Cn1c(CCNC2CC2)nc2cc(Br)ccc21. The van der Waals surface area contributed by atoms with E-state index in [0.29, 0.717) is 0 Å². The van der Waals surface area contributed by atoms with E-state index in [0.717, 1.165) is 34.8 Å². The number of fused-ring (bicyclic) bond motifs is 1. The quantitative estimate of drug-likeness (QED) is 0.939. The van der Waals surface area contributed by atoms with Crippen LogP contribution in [0.15, 0.2) is 22.7 Å². The summed E-state index contributed by atoms with van der Waals surface area (Å²) in [6, 6.07) is 7.03. The molecular formula is C13H16BrN3. The molecular weight excluding hydrogens is 278 g/mol. The highest BCUT2D eigenvalue weighted by Crippen LogP contribution is 2.21. The van der Waals surface area contributed by atoms with Crippen LogP contribution in [0.25, 0.3) is 11.0 Å². The summed E-state index contributed by atoms with van der Waals surface area (Å²) in [5.41, 5.74) is 2.28. The molecule has 3 nitrogen and oxygen atoms in total. The van der Waals surface area contributed by atoms with E-state index in [1.165, 1.54) is 18.4 Å². The maximum absolute atomic E-state index is 4.68. The van der Waals surface area contributed by atoms with Crippen LogP contribution < -0.4 is 5.32 Å². The molecule has 1 aliphatic rings. The number of hydrogen-bond acceptors (Lipinski definition) is 2. The molecule has 1 N–H and O–H groups in total. The standard InChI is InChI=1S/C13H16BrN3/c1-17-12-5-2-9(14)8-11(12)16-13(17)6-7-15-10-3-4-10/h2,5,8,10,15H,3-4,6-7H2,1H3. The maximum atomic E-state index is 4.68. The number of benzene rings is 1. The molecule has 2 aromatic rings. The monoisotopic (exact) mass is 293 g/mol. The zero-order chi connectivity index (χ0) is 11.8. The van der Waals surface area contributed by atoms with Crippen molar-refractivity contribution in [2.24, 2.45) is 7.05 Å². The summed E-state index contributed by atoms with van der Waals surface area (Å²) in [5.74, 6) is 1.16. The minimum absolute atomic E-state index is 0.777. The number of hydrogen-bond donors (Lipinski definition) is 1. The molecule has 1 aliphatic carbocycles. The van der Waals surface area contributed by atoms with Gasteiger partial charge in [-0.25, -0.2) is 4.98 Å². The number of aryl methyl sites for hydroxylation is 1. The molecule has 90 valence electrons. The summed E-state index contributed by atoms with van der Waals surface area (Å²) in [4.78, 5) is 4.68. The van der Waals surface area contributed by atoms with Gasteiger partial charge in [-0.3, -0.25) is 0 Å². The van der Waals surface area contributed by atoms with Gasteiger partial charge in [0.2, 0.25) is 0 Å². The van der Waals surface area contributed by atoms with Crippen LogP contribution in [0.5, 0.6) is 0 Å². The van der Waals surface area contributed by atoms with Crippen LogP contribution in [0, 0.1) is 0 Å². The predicted octanol–water partition coefficient (Wildman–Crippen LogP) is 2.63. The molecule has 4 heteroatoms. The Kier molecular flexibility index (Phi) is 2.92. The van der Waals surface area contributed by atoms with Crippen molar-refractivity contribution in [3.63, 3.8) is 0 Å². The zero-order valence-corrected chi connectivity index (χ0v) is 11.5. The minimum Gasteiger partial charge on any atom is -0.331 e. The highest BCUT2D eigenvalue weighted by Gasteiger charge is 2.20. The molecule has 0 spiro atoms. The molecule has 1 aromatic carbocycles. The van der Waals surface area contributed by atoms with Crippen LogP contribution in [0.1, 0.15) is 18.7 Å². The van der Waals surface area contributed by atoms with E-state index in [1.54, 1.807) is 0 Å². The third-order valence-corrected chi connectivity index (χ3v) is 3.79. The van der Waals surface area contributed by atoms with E-state index in [-0.39, 0.29) is 0 Å². The van der Waals surface area contributed by atoms with E-state index in [9.17, 15) is 0 Å². The number of rotatable bonds is 4. The van der Waals surface area contributed by atoms with Crippen molar-refractivity contribution in [3.8, 4) is 0 Å². The number of aromatic nitrogens is 2. The van der Waals surface area contributed by atoms with Gasteiger partial charge >= 0.3 is 0 Å². The molecule has 0 aliphatic heterocycles. The molecule has 0 saturated heterocycles. The van der Waals surface area contributed by atoms with Gasteiger partial charge in [0, 0.05) is 30.5 Å². The van der Waals surface area contributed by atoms with Crippen molar-refractivity contribution in [1.82, 2.24) is 14.9 Å². The van der Waals surface area contributed by atoms with Gasteiger partial charge in [0.25, 0.3) is 0 Å². The molecule has 1 saturated carbocycles. The van der Waals surface area contributed by atoms with Crippen molar-refractivity contribution in [2.45, 2.75) is 25.3 Å². The van der Waals surface area contributed by atoms with Gasteiger partial charge < -0.3 is 9.88 Å². The Labute approximate surface area is 109 Å². The van der Waals surface area contributed by atoms with Gasteiger partial charge in [0.05, 0.1) is 11.0 Å². The first-order valence-electron chi connectivity index (χ1n) is 6.08. The van der Waals surface area contributed by atoms with Crippen LogP contribution in [0.2, 0.25) is 0 Å². The van der Waals surface area contributed by atoms with Gasteiger partial charge in [0.15, 0.2) is 0 Å². The molecule has 0 amide bonds. The van der Waals surface area contributed by atoms with E-state index in [1.807, 2.05) is 0 Å². The number of halogens is 1. The molecule has 0 radical (unpaired) electrons. The lowest BCUT2D eigenvalue weighted by molar-refractivity contribution is 0.654. The molecule has 0 atom stereocenters. The van der Waals surface area contributed by atoms with E-state index in [2.05, 4.69) is 56.0 Å². The smallest absolute Gasteiger partial charge is 0.110 e. The van der Waals surface area contributed by atoms with Crippen LogP contribution >= 0.6 is 15.9 Å². The fourth-order valence-corrected chi connectivity index (χ4v) is 2.47. The number of nitrogens with zero attached hydrogens (tertiary/aromatic N) is 2. The fraction of sp³-hybridized carbons (Fsp3) is 0.462. The van der Waals surface area contributed by atoms with E-state index < -0.39 is 0 Å². The molecule has 1 aromatic heterocycles. The Morgan fingerprint density at radius 3 is 3.06 bits per heavy atom. The zero-order valence-electron chi connectivity index (χ0n) is 9.91. The average molecular weight is 294 g/mol. The van der Waals surface area contributed by atoms with Crippen molar-refractivity contribution >= 4 is 27.0 Å². The Morgan fingerprint density at radius 2 is 2.29 bits per heavy atom. The Morgan fingerprint density at radius 1 is 1.47 bits per heavy atom. The van der Waals surface area contributed by atoms with Crippen molar-refractivity contribution in [2.75, 3.05) is 6.54 Å². The molecule has 1 heterocycles. The summed E-state index contributed by atoms with van der Waals surface area (Å²) < 4.78 is 3.28. The molecule has 1 fully saturated rings. The van der Waals surface area contributed by atoms with Crippen molar-refractivity contribution < 1.29 is 0 Å². The predicted molar refractivity (Wildman–Crippen MR) is 73.1 cm³/mol. The normalized spacial score (nSPS) is 15.6. The second kappa shape index (κ2) is 4.42. The van der Waals surface area contributed by atoms with Crippen molar-refractivity contribution in [3.05, 3.63) is 28.5 Å². The van der Waals surface area contributed by atoms with Crippen molar-refractivity contribution in [1.29, 1.82) is 0 Å². The van der Waals surface area contributed by atoms with Crippen LogP contribution in [-0.2, 0) is 13.5 Å². The minimum atomic E-state index is 0.777. The number of imidazole rings is 1. The van der Waals surface area contributed by atoms with E-state index in [4.69, 9.17) is 0 Å². The van der Waals surface area contributed by atoms with Crippen LogP contribution in [-0.4, -0.2) is 22.1 Å². The summed E-state index contributed by atoms with van der Waals surface area (Å²) in [5, 5.41) is 3.53. The Hall–Kier alpha value is -0.870. The van der Waals surface area contributed by atoms with Gasteiger partial charge in [-0.05, 0) is 31.0 Å². The first kappa shape index (κ1) is 11.2. The lowest BCUT2D eigenvalue weighted by Gasteiger charge is -2.03. The second-order valence-corrected chi connectivity index (χ2v) is 5.61. The first-order valence-corrected chi connectivity index (χ1v) is 6.87. The first-order chi connectivity index (χ1) is 8.24. The van der Waals surface area contributed by atoms with Gasteiger partial charge in [0.1, 0.15) is 5.82 Å². The molecule has 0 bridgehead atoms. The summed E-state index contributed by atoms with van der Waals surface area (Å²) in [7, 11) is 2.09. The highest BCUT2D eigenvalue weighted by molar-refractivity contribution is 9.10. The van der Waals surface area contributed by atoms with Gasteiger partial charge in [-0.2, -0.15) is 0 Å². The second-order valence-electron chi connectivity index (χ2n) is 4.70. The van der Waals surface area contributed by atoms with Gasteiger partial charge in [-0.1, -0.05) is 15.9 Å². The van der Waals surface area contributed by atoms with Gasteiger partial charge in [-0.15, -0.1) is 0 Å². The highest BCUT2D eigenvalue weighted by atomic mass is 79.9. The molecule has 3 rings (SSSR count). The van der Waals surface area contributed by atoms with E-state index >= 15 is 0 Å². The molecule has 0 unspecified atom stereocenters. The fourth-order valence-electron chi connectivity index (χ4n) is 2.12. The lowest BCUT2D eigenvalue weighted by atomic mass is 10.3. The van der Waals surface area contributed by atoms with Crippen LogP contribution in [0.4, 0.5) is 0 Å². The summed E-state index contributed by atoms with van der Waals surface area (Å²) in [6.45, 7) is 1.03. The third-order valence-electron chi connectivity index (χ3n) is 3.29. The summed E-state index contributed by atoms with van der Waals surface area (Å²) in [6.07, 6.45) is 3.68. The maximum Gasteiger partial charge on any atom is 0.110 e. The third kappa shape index (κ3) is 2.38. The largest absolute Gasteiger partial charge is 0.331 e. The number of nitrogens with one attached hydrogen (secondary N) is 1. The average Bonchev–Trinajstić information content (AvgIpc) is 3.06. The van der Waals surface area contributed by atoms with Crippen LogP contribution in [0.3, 0.4) is 0 Å².